The van der Waals surface area contributed by atoms with Crippen LogP contribution in [0.5, 0.6) is 0 Å². The third-order valence-electron chi connectivity index (χ3n) is 7.97. The molecule has 0 saturated carbocycles. The van der Waals surface area contributed by atoms with Crippen LogP contribution in [0.4, 0.5) is 0 Å². The van der Waals surface area contributed by atoms with Crippen LogP contribution >= 0.6 is 0 Å². The van der Waals surface area contributed by atoms with E-state index in [2.05, 4.69) is 42.5 Å². The van der Waals surface area contributed by atoms with Gasteiger partial charge >= 0.3 is 259 Å². The minimum absolute atomic E-state index is 0.0192. The molecule has 0 spiro atoms. The molecular formula is C38H22N4OSe. The first-order valence-electron chi connectivity index (χ1n) is 14.4. The molecule has 44 heavy (non-hydrogen) atoms. The van der Waals surface area contributed by atoms with Crippen molar-refractivity contribution >= 4 is 55.7 Å². The topological polar surface area (TPSA) is 64.7 Å². The van der Waals surface area contributed by atoms with E-state index in [0.29, 0.717) is 23.4 Å². The van der Waals surface area contributed by atoms with Gasteiger partial charge in [0.2, 0.25) is 0 Å². The van der Waals surface area contributed by atoms with E-state index < -0.39 is 0 Å². The molecule has 0 aliphatic carbocycles. The zero-order valence-corrected chi connectivity index (χ0v) is 25.0. The molecule has 0 amide bonds. The van der Waals surface area contributed by atoms with Crippen LogP contribution in [0.1, 0.15) is 0 Å². The van der Waals surface area contributed by atoms with Gasteiger partial charge < -0.3 is 0 Å². The molecule has 9 rings (SSSR count). The Labute approximate surface area is 258 Å². The molecule has 3 heterocycles. The second kappa shape index (κ2) is 10.1. The quantitative estimate of drug-likeness (QED) is 0.182. The Morgan fingerprint density at radius 2 is 1.05 bits per heavy atom. The van der Waals surface area contributed by atoms with E-state index in [-0.39, 0.29) is 14.5 Å². The summed E-state index contributed by atoms with van der Waals surface area (Å²) in [6.07, 6.45) is 0. The summed E-state index contributed by atoms with van der Waals surface area (Å²) >= 11 is 0.0192. The van der Waals surface area contributed by atoms with Crippen LogP contribution in [0.15, 0.2) is 138 Å². The number of benzene rings is 6. The third kappa shape index (κ3) is 4.08. The molecule has 6 aromatic carbocycles. The van der Waals surface area contributed by atoms with Crippen LogP contribution < -0.4 is 0 Å². The Hall–Kier alpha value is -5.42. The molecule has 0 atom stereocenters. The zero-order valence-electron chi connectivity index (χ0n) is 23.3. The van der Waals surface area contributed by atoms with Crippen molar-refractivity contribution in [3.05, 3.63) is 133 Å². The summed E-state index contributed by atoms with van der Waals surface area (Å²) in [5, 5.41) is 4.80. The summed E-state index contributed by atoms with van der Waals surface area (Å²) in [7, 11) is 0. The molecule has 206 valence electrons. The first-order valence-corrected chi connectivity index (χ1v) is 16.1. The fraction of sp³-hybridized carbons (Fsp3) is 0. The first-order chi connectivity index (χ1) is 21.8. The van der Waals surface area contributed by atoms with E-state index in [1.807, 2.05) is 91.0 Å². The van der Waals surface area contributed by atoms with Crippen molar-refractivity contribution in [1.29, 1.82) is 0 Å². The second-order valence-corrected chi connectivity index (χ2v) is 12.9. The van der Waals surface area contributed by atoms with Crippen LogP contribution in [0.2, 0.25) is 0 Å². The van der Waals surface area contributed by atoms with Crippen LogP contribution in [-0.4, -0.2) is 34.4 Å². The molecule has 5 nitrogen and oxygen atoms in total. The Kier molecular flexibility index (Phi) is 5.76. The molecule has 0 saturated heterocycles. The van der Waals surface area contributed by atoms with Gasteiger partial charge in [-0.2, -0.15) is 0 Å². The number of aromatic nitrogens is 4. The van der Waals surface area contributed by atoms with Crippen molar-refractivity contribution in [2.24, 2.45) is 0 Å². The predicted octanol–water partition coefficient (Wildman–Crippen LogP) is 9.20. The summed E-state index contributed by atoms with van der Waals surface area (Å²) < 4.78 is 8.79. The standard InChI is InChI=1S/C38H22N4OSe/c1-4-12-23(13-5-1)35-40-36(24-14-6-2-7-15-24)42-37(41-35)29-22-31-32(27-19-11-10-18-26(27)29)28-20-21-30-33(34(28)44-31)39-38(43-30)25-16-8-3-9-17-25/h1-22H. The van der Waals surface area contributed by atoms with Crippen molar-refractivity contribution in [2.75, 3.05) is 0 Å². The Morgan fingerprint density at radius 1 is 0.477 bits per heavy atom. The molecule has 0 fully saturated rings. The molecule has 0 unspecified atom stereocenters. The molecule has 0 N–H and O–H groups in total. The van der Waals surface area contributed by atoms with Crippen LogP contribution in [0, 0.1) is 0 Å². The van der Waals surface area contributed by atoms with Crippen LogP contribution in [0.3, 0.4) is 0 Å². The SMILES string of the molecule is c1ccc(-c2nc(-c3ccccc3)nc(-c3cc4[se]c5c(ccc6oc(-c7ccccc7)nc65)c4c4ccccc34)n2)cc1. The summed E-state index contributed by atoms with van der Waals surface area (Å²) in [4.78, 5) is 20.1. The fourth-order valence-electron chi connectivity index (χ4n) is 5.91. The molecule has 0 aliphatic rings. The van der Waals surface area contributed by atoms with Gasteiger partial charge in [0.15, 0.2) is 0 Å². The van der Waals surface area contributed by atoms with Crippen molar-refractivity contribution in [1.82, 2.24) is 19.9 Å². The summed E-state index contributed by atoms with van der Waals surface area (Å²) in [6.45, 7) is 0. The number of hydrogen-bond acceptors (Lipinski definition) is 5. The summed E-state index contributed by atoms with van der Waals surface area (Å²) in [5.74, 6) is 2.64. The molecular weight excluding hydrogens is 607 g/mol. The van der Waals surface area contributed by atoms with E-state index in [0.717, 1.165) is 38.7 Å². The van der Waals surface area contributed by atoms with Crippen molar-refractivity contribution in [3.63, 3.8) is 0 Å². The third-order valence-corrected chi connectivity index (χ3v) is 10.4. The van der Waals surface area contributed by atoms with E-state index in [4.69, 9.17) is 24.4 Å². The van der Waals surface area contributed by atoms with Gasteiger partial charge in [0.1, 0.15) is 0 Å². The van der Waals surface area contributed by atoms with E-state index in [9.17, 15) is 0 Å². The minimum atomic E-state index is 0.0192. The fourth-order valence-corrected chi connectivity index (χ4v) is 8.51. The van der Waals surface area contributed by atoms with Crippen molar-refractivity contribution in [2.45, 2.75) is 0 Å². The number of oxazole rings is 1. The molecule has 6 heteroatoms. The molecule has 9 aromatic rings. The molecule has 0 aliphatic heterocycles. The second-order valence-electron chi connectivity index (χ2n) is 10.7. The van der Waals surface area contributed by atoms with E-state index in [1.54, 1.807) is 0 Å². The summed E-state index contributed by atoms with van der Waals surface area (Å²) in [5.41, 5.74) is 5.66. The normalized spacial score (nSPS) is 11.6. The van der Waals surface area contributed by atoms with Gasteiger partial charge in [0.05, 0.1) is 0 Å². The molecule has 0 bridgehead atoms. The summed E-state index contributed by atoms with van der Waals surface area (Å²) in [6, 6.07) is 45.5. The molecule has 0 radical (unpaired) electrons. The van der Waals surface area contributed by atoms with Crippen molar-refractivity contribution < 1.29 is 4.42 Å². The average Bonchev–Trinajstić information content (AvgIpc) is 3.71. The zero-order chi connectivity index (χ0) is 29.0. The Balaban J connectivity index is 1.32. The van der Waals surface area contributed by atoms with Crippen molar-refractivity contribution in [3.8, 4) is 45.6 Å². The number of rotatable bonds is 4. The van der Waals surface area contributed by atoms with Gasteiger partial charge in [-0.15, -0.1) is 0 Å². The van der Waals surface area contributed by atoms with Crippen LogP contribution in [0.25, 0.3) is 86.8 Å². The number of nitrogens with zero attached hydrogens (tertiary/aromatic N) is 4. The maximum atomic E-state index is 6.24. The number of hydrogen-bond donors (Lipinski definition) is 0. The average molecular weight is 630 g/mol. The van der Waals surface area contributed by atoms with Gasteiger partial charge in [0, 0.05) is 0 Å². The monoisotopic (exact) mass is 630 g/mol. The van der Waals surface area contributed by atoms with E-state index in [1.165, 1.54) is 24.7 Å². The Morgan fingerprint density at radius 3 is 1.70 bits per heavy atom. The van der Waals surface area contributed by atoms with Gasteiger partial charge in [-0.1, -0.05) is 0 Å². The molecule has 3 aromatic heterocycles. The Bertz CT molecular complexity index is 2430. The predicted molar refractivity (Wildman–Crippen MR) is 179 cm³/mol. The maximum absolute atomic E-state index is 6.24. The van der Waals surface area contributed by atoms with Gasteiger partial charge in [-0.05, 0) is 0 Å². The number of fused-ring (bicyclic) bond motifs is 7. The van der Waals surface area contributed by atoms with Gasteiger partial charge in [-0.25, -0.2) is 0 Å². The van der Waals surface area contributed by atoms with Crippen LogP contribution in [-0.2, 0) is 0 Å². The van der Waals surface area contributed by atoms with E-state index >= 15 is 0 Å². The van der Waals surface area contributed by atoms with Gasteiger partial charge in [-0.3, -0.25) is 0 Å². The van der Waals surface area contributed by atoms with Gasteiger partial charge in [0.25, 0.3) is 0 Å². The first kappa shape index (κ1) is 25.1.